The molecule has 0 aromatic carbocycles. The largest absolute Gasteiger partial charge is 0.465 e. The van der Waals surface area contributed by atoms with Crippen molar-refractivity contribution in [1.29, 1.82) is 0 Å². The predicted molar refractivity (Wildman–Crippen MR) is 75.2 cm³/mol. The van der Waals surface area contributed by atoms with Gasteiger partial charge in [-0.1, -0.05) is 12.5 Å². The summed E-state index contributed by atoms with van der Waals surface area (Å²) in [6.07, 6.45) is 6.71. The van der Waals surface area contributed by atoms with Gasteiger partial charge in [-0.15, -0.1) is 0 Å². The molecule has 1 aliphatic carbocycles. The Balaban J connectivity index is 2.31. The van der Waals surface area contributed by atoms with Crippen molar-refractivity contribution in [2.24, 2.45) is 5.41 Å². The molecule has 0 N–H and O–H groups in total. The normalized spacial score (nSPS) is 22.6. The summed E-state index contributed by atoms with van der Waals surface area (Å²) in [5.41, 5.74) is 0.960. The summed E-state index contributed by atoms with van der Waals surface area (Å²) in [7, 11) is 0. The summed E-state index contributed by atoms with van der Waals surface area (Å²) >= 11 is 0. The second-order valence-electron chi connectivity index (χ2n) is 5.48. The first-order valence-corrected chi connectivity index (χ1v) is 7.19. The van der Waals surface area contributed by atoms with Crippen molar-refractivity contribution in [1.82, 2.24) is 4.98 Å². The van der Waals surface area contributed by atoms with E-state index in [-0.39, 0.29) is 11.8 Å². The Morgan fingerprint density at radius 3 is 2.85 bits per heavy atom. The van der Waals surface area contributed by atoms with Crippen LogP contribution in [0.2, 0.25) is 0 Å². The molecule has 0 amide bonds. The van der Waals surface area contributed by atoms with Crippen LogP contribution in [0.5, 0.6) is 0 Å². The third-order valence-corrected chi connectivity index (χ3v) is 3.89. The number of hydrogen-bond acceptors (Lipinski definition) is 4. The molecule has 20 heavy (non-hydrogen) atoms. The van der Waals surface area contributed by atoms with E-state index in [1.807, 2.05) is 13.0 Å². The maximum absolute atomic E-state index is 12.4. The summed E-state index contributed by atoms with van der Waals surface area (Å²) in [6.45, 7) is 4.03. The van der Waals surface area contributed by atoms with E-state index in [2.05, 4.69) is 4.98 Å². The molecule has 0 saturated heterocycles. The number of carbonyl (C=O) groups excluding carboxylic acids is 2. The zero-order chi connectivity index (χ0) is 14.6. The van der Waals surface area contributed by atoms with Crippen molar-refractivity contribution in [3.05, 3.63) is 29.6 Å². The Morgan fingerprint density at radius 1 is 1.40 bits per heavy atom. The van der Waals surface area contributed by atoms with Gasteiger partial charge in [0.1, 0.15) is 5.41 Å². The van der Waals surface area contributed by atoms with Gasteiger partial charge in [-0.2, -0.15) is 0 Å². The zero-order valence-corrected chi connectivity index (χ0v) is 12.1. The number of nitrogens with zero attached hydrogens (tertiary/aromatic N) is 1. The van der Waals surface area contributed by atoms with Crippen LogP contribution in [-0.4, -0.2) is 23.3 Å². The molecular weight excluding hydrogens is 254 g/mol. The Bertz CT molecular complexity index is 512. The first kappa shape index (κ1) is 14.7. The highest BCUT2D eigenvalue weighted by Gasteiger charge is 2.47. The Hall–Kier alpha value is -1.71. The van der Waals surface area contributed by atoms with E-state index >= 15 is 0 Å². The zero-order valence-electron chi connectivity index (χ0n) is 12.1. The van der Waals surface area contributed by atoms with Crippen LogP contribution in [0.1, 0.15) is 43.7 Å². The average Bonchev–Trinajstić information content (AvgIpc) is 2.42. The van der Waals surface area contributed by atoms with Crippen molar-refractivity contribution < 1.29 is 14.3 Å². The van der Waals surface area contributed by atoms with Crippen LogP contribution in [0.25, 0.3) is 0 Å². The number of rotatable bonds is 4. The van der Waals surface area contributed by atoms with Gasteiger partial charge in [-0.05, 0) is 44.2 Å². The Kier molecular flexibility index (Phi) is 4.53. The summed E-state index contributed by atoms with van der Waals surface area (Å²) in [5, 5.41) is 0. The van der Waals surface area contributed by atoms with Gasteiger partial charge in [-0.25, -0.2) is 0 Å². The van der Waals surface area contributed by atoms with Crippen LogP contribution >= 0.6 is 0 Å². The van der Waals surface area contributed by atoms with Gasteiger partial charge in [0.2, 0.25) is 0 Å². The van der Waals surface area contributed by atoms with Crippen molar-refractivity contribution >= 4 is 11.8 Å². The van der Waals surface area contributed by atoms with Crippen LogP contribution in [0.3, 0.4) is 0 Å². The SMILES string of the molecule is CCOC(=O)C1(Cc2cncc(C)c2)CCCCC1=O. The van der Waals surface area contributed by atoms with Crippen LogP contribution in [-0.2, 0) is 20.7 Å². The first-order valence-electron chi connectivity index (χ1n) is 7.19. The maximum Gasteiger partial charge on any atom is 0.319 e. The highest BCUT2D eigenvalue weighted by molar-refractivity contribution is 6.04. The molecule has 0 bridgehead atoms. The number of aryl methyl sites for hydroxylation is 1. The number of aromatic nitrogens is 1. The minimum atomic E-state index is -0.996. The fourth-order valence-electron chi connectivity index (χ4n) is 2.90. The number of ether oxygens (including phenoxy) is 1. The number of pyridine rings is 1. The van der Waals surface area contributed by atoms with Gasteiger partial charge in [0.25, 0.3) is 0 Å². The number of carbonyl (C=O) groups is 2. The highest BCUT2D eigenvalue weighted by Crippen LogP contribution is 2.37. The fraction of sp³-hybridized carbons (Fsp3) is 0.562. The molecule has 1 heterocycles. The van der Waals surface area contributed by atoms with Crippen LogP contribution in [0.4, 0.5) is 0 Å². The number of esters is 1. The molecule has 1 unspecified atom stereocenters. The third kappa shape index (κ3) is 2.89. The van der Waals surface area contributed by atoms with Crippen LogP contribution in [0, 0.1) is 12.3 Å². The Labute approximate surface area is 119 Å². The molecule has 0 spiro atoms. The minimum Gasteiger partial charge on any atom is -0.465 e. The topological polar surface area (TPSA) is 56.3 Å². The molecule has 1 aromatic heterocycles. The van der Waals surface area contributed by atoms with E-state index in [0.29, 0.717) is 25.9 Å². The van der Waals surface area contributed by atoms with Gasteiger partial charge in [0.15, 0.2) is 5.78 Å². The van der Waals surface area contributed by atoms with Crippen molar-refractivity contribution in [3.8, 4) is 0 Å². The van der Waals surface area contributed by atoms with Crippen molar-refractivity contribution in [3.63, 3.8) is 0 Å². The molecule has 1 aromatic rings. The summed E-state index contributed by atoms with van der Waals surface area (Å²) in [5.74, 6) is -0.352. The van der Waals surface area contributed by atoms with E-state index in [4.69, 9.17) is 4.74 Å². The molecule has 1 saturated carbocycles. The van der Waals surface area contributed by atoms with E-state index in [0.717, 1.165) is 24.0 Å². The third-order valence-electron chi connectivity index (χ3n) is 3.89. The van der Waals surface area contributed by atoms with Crippen molar-refractivity contribution in [2.45, 2.75) is 46.0 Å². The first-order chi connectivity index (χ1) is 9.58. The average molecular weight is 275 g/mol. The molecule has 4 heteroatoms. The molecule has 2 rings (SSSR count). The van der Waals surface area contributed by atoms with E-state index < -0.39 is 5.41 Å². The molecule has 0 aliphatic heterocycles. The highest BCUT2D eigenvalue weighted by atomic mass is 16.5. The number of hydrogen-bond donors (Lipinski definition) is 0. The molecule has 4 nitrogen and oxygen atoms in total. The van der Waals surface area contributed by atoms with Gasteiger partial charge in [0, 0.05) is 18.8 Å². The van der Waals surface area contributed by atoms with Gasteiger partial charge >= 0.3 is 5.97 Å². The summed E-state index contributed by atoms with van der Waals surface area (Å²) < 4.78 is 5.18. The lowest BCUT2D eigenvalue weighted by Gasteiger charge is -2.33. The predicted octanol–water partition coefficient (Wildman–Crippen LogP) is 2.63. The maximum atomic E-state index is 12.4. The lowest BCUT2D eigenvalue weighted by atomic mass is 9.69. The molecular formula is C16H21NO3. The summed E-state index contributed by atoms with van der Waals surface area (Å²) in [6, 6.07) is 1.98. The standard InChI is InChI=1S/C16H21NO3/c1-3-20-15(19)16(7-5-4-6-14(16)18)9-13-8-12(2)10-17-11-13/h8,10-11H,3-7,9H2,1-2H3. The van der Waals surface area contributed by atoms with E-state index in [9.17, 15) is 9.59 Å². The molecule has 1 atom stereocenters. The van der Waals surface area contributed by atoms with Crippen LogP contribution < -0.4 is 0 Å². The van der Waals surface area contributed by atoms with E-state index in [1.54, 1.807) is 19.3 Å². The molecule has 108 valence electrons. The number of ketones is 1. The molecule has 0 radical (unpaired) electrons. The van der Waals surface area contributed by atoms with Gasteiger partial charge < -0.3 is 4.74 Å². The Morgan fingerprint density at radius 2 is 2.20 bits per heavy atom. The van der Waals surface area contributed by atoms with E-state index in [1.165, 1.54) is 0 Å². The van der Waals surface area contributed by atoms with Gasteiger partial charge in [0.05, 0.1) is 6.61 Å². The fourth-order valence-corrected chi connectivity index (χ4v) is 2.90. The monoisotopic (exact) mass is 275 g/mol. The van der Waals surface area contributed by atoms with Crippen molar-refractivity contribution in [2.75, 3.05) is 6.61 Å². The van der Waals surface area contributed by atoms with Gasteiger partial charge in [-0.3, -0.25) is 14.6 Å². The molecule has 1 aliphatic rings. The van der Waals surface area contributed by atoms with Crippen LogP contribution in [0.15, 0.2) is 18.5 Å². The lowest BCUT2D eigenvalue weighted by molar-refractivity contribution is -0.162. The quantitative estimate of drug-likeness (QED) is 0.626. The lowest BCUT2D eigenvalue weighted by Crippen LogP contribution is -2.44. The number of Topliss-reactive ketones (excluding diaryl/α,β-unsaturated/α-hetero) is 1. The minimum absolute atomic E-state index is 0.0173. The molecule has 1 fully saturated rings. The summed E-state index contributed by atoms with van der Waals surface area (Å²) in [4.78, 5) is 28.9. The second-order valence-corrected chi connectivity index (χ2v) is 5.48. The smallest absolute Gasteiger partial charge is 0.319 e. The second kappa shape index (κ2) is 6.16.